The summed E-state index contributed by atoms with van der Waals surface area (Å²) >= 11 is 0. The molecule has 11 aromatic rings. The van der Waals surface area contributed by atoms with E-state index >= 15 is 0 Å². The van der Waals surface area contributed by atoms with E-state index in [9.17, 15) is 0 Å². The maximum atomic E-state index is 6.66. The van der Waals surface area contributed by atoms with Crippen LogP contribution in [0.3, 0.4) is 0 Å². The summed E-state index contributed by atoms with van der Waals surface area (Å²) < 4.78 is 12.9. The Morgan fingerprint density at radius 3 is 1.83 bits per heavy atom. The smallest absolute Gasteiger partial charge is 0.227 e. The van der Waals surface area contributed by atoms with Crippen LogP contribution in [-0.2, 0) is 0 Å². The molecule has 54 heavy (non-hydrogen) atoms. The second-order valence-electron chi connectivity index (χ2n) is 13.5. The van der Waals surface area contributed by atoms with E-state index in [4.69, 9.17) is 28.8 Å². The van der Waals surface area contributed by atoms with E-state index in [0.29, 0.717) is 40.1 Å². The molecule has 0 radical (unpaired) electrons. The minimum Gasteiger partial charge on any atom is -0.455 e. The monoisotopic (exact) mass is 692 g/mol. The standard InChI is InChI=1S/C48H28N4O2/c1-3-13-30(14-4-1)39-26-35(25-33-18-9-10-19-36(33)39)46-50-45(34-23-22-29-12-7-8-17-32(29)24-34)51-47(52-46)38-21-11-20-37-40-27-43-41(28-42(40)53-44(37)38)49-48(54-43)31-15-5-2-6-16-31/h1-28H. The lowest BCUT2D eigenvalue weighted by molar-refractivity contribution is 0.620. The molecule has 252 valence electrons. The average Bonchev–Trinajstić information content (AvgIpc) is 3.83. The average molecular weight is 693 g/mol. The molecule has 0 aliphatic carbocycles. The van der Waals surface area contributed by atoms with Crippen LogP contribution < -0.4 is 0 Å². The van der Waals surface area contributed by atoms with E-state index in [1.807, 2.05) is 66.7 Å². The molecule has 0 N–H and O–H groups in total. The number of para-hydroxylation sites is 1. The van der Waals surface area contributed by atoms with Crippen molar-refractivity contribution in [2.75, 3.05) is 0 Å². The molecule has 0 aliphatic heterocycles. The summed E-state index contributed by atoms with van der Waals surface area (Å²) in [7, 11) is 0. The van der Waals surface area contributed by atoms with Gasteiger partial charge in [-0.15, -0.1) is 0 Å². The van der Waals surface area contributed by atoms with Gasteiger partial charge in [0, 0.05) is 33.5 Å². The van der Waals surface area contributed by atoms with Gasteiger partial charge in [0.25, 0.3) is 0 Å². The molecule has 8 aromatic carbocycles. The molecule has 0 fully saturated rings. The predicted molar refractivity (Wildman–Crippen MR) is 217 cm³/mol. The number of benzene rings is 8. The molecule has 6 heteroatoms. The molecule has 0 aliphatic rings. The fraction of sp³-hybridized carbons (Fsp3) is 0. The second kappa shape index (κ2) is 12.1. The van der Waals surface area contributed by atoms with Crippen LogP contribution in [0.15, 0.2) is 179 Å². The van der Waals surface area contributed by atoms with E-state index in [-0.39, 0.29) is 0 Å². The maximum absolute atomic E-state index is 6.66. The Morgan fingerprint density at radius 2 is 1.00 bits per heavy atom. The van der Waals surface area contributed by atoms with Gasteiger partial charge in [0.05, 0.1) is 5.56 Å². The van der Waals surface area contributed by atoms with Gasteiger partial charge in [-0.2, -0.15) is 0 Å². The number of aromatic nitrogens is 4. The highest BCUT2D eigenvalue weighted by Gasteiger charge is 2.20. The zero-order chi connectivity index (χ0) is 35.6. The van der Waals surface area contributed by atoms with Crippen LogP contribution in [0.25, 0.3) is 111 Å². The van der Waals surface area contributed by atoms with Gasteiger partial charge in [0.15, 0.2) is 23.1 Å². The van der Waals surface area contributed by atoms with Gasteiger partial charge in [0.1, 0.15) is 16.7 Å². The zero-order valence-electron chi connectivity index (χ0n) is 28.8. The fourth-order valence-electron chi connectivity index (χ4n) is 7.48. The van der Waals surface area contributed by atoms with Crippen molar-refractivity contribution >= 4 is 54.6 Å². The van der Waals surface area contributed by atoms with Crippen LogP contribution in [0, 0.1) is 0 Å². The fourth-order valence-corrected chi connectivity index (χ4v) is 7.48. The Hall–Kier alpha value is -7.44. The van der Waals surface area contributed by atoms with E-state index in [1.54, 1.807) is 0 Å². The summed E-state index contributed by atoms with van der Waals surface area (Å²) in [6.45, 7) is 0. The van der Waals surface area contributed by atoms with Gasteiger partial charge in [-0.3, -0.25) is 0 Å². The largest absolute Gasteiger partial charge is 0.455 e. The highest BCUT2D eigenvalue weighted by atomic mass is 16.4. The molecule has 6 nitrogen and oxygen atoms in total. The number of rotatable bonds is 5. The van der Waals surface area contributed by atoms with Crippen LogP contribution in [0.2, 0.25) is 0 Å². The Kier molecular flexibility index (Phi) is 6.75. The first-order valence-corrected chi connectivity index (χ1v) is 17.9. The van der Waals surface area contributed by atoms with Crippen molar-refractivity contribution in [3.05, 3.63) is 170 Å². The number of hydrogen-bond donors (Lipinski definition) is 0. The van der Waals surface area contributed by atoms with Crippen LogP contribution >= 0.6 is 0 Å². The molecule has 3 aromatic heterocycles. The summed E-state index contributed by atoms with van der Waals surface area (Å²) in [6, 6.07) is 57.9. The molecule has 0 bridgehead atoms. The SMILES string of the molecule is c1ccc(-c2nc3cc4oc5c(-c6nc(-c7ccc8ccccc8c7)nc(-c7cc(-c8ccccc8)c8ccccc8c7)n6)cccc5c4cc3o2)cc1. The van der Waals surface area contributed by atoms with Crippen molar-refractivity contribution in [3.63, 3.8) is 0 Å². The quantitative estimate of drug-likeness (QED) is 0.179. The topological polar surface area (TPSA) is 77.8 Å². The van der Waals surface area contributed by atoms with Gasteiger partial charge in [-0.25, -0.2) is 19.9 Å². The summed E-state index contributed by atoms with van der Waals surface area (Å²) in [5.74, 6) is 2.26. The van der Waals surface area contributed by atoms with Crippen molar-refractivity contribution in [1.29, 1.82) is 0 Å². The predicted octanol–water partition coefficient (Wildman–Crippen LogP) is 12.6. The lowest BCUT2D eigenvalue weighted by Crippen LogP contribution is -2.01. The van der Waals surface area contributed by atoms with Gasteiger partial charge >= 0.3 is 0 Å². The van der Waals surface area contributed by atoms with Gasteiger partial charge in [-0.05, 0) is 75.1 Å². The number of furan rings is 1. The maximum Gasteiger partial charge on any atom is 0.227 e. The Balaban J connectivity index is 1.13. The normalized spacial score (nSPS) is 11.7. The number of fused-ring (bicyclic) bond motifs is 6. The molecule has 0 saturated carbocycles. The Morgan fingerprint density at radius 1 is 0.333 bits per heavy atom. The molecule has 11 rings (SSSR count). The Bertz CT molecular complexity index is 3220. The van der Waals surface area contributed by atoms with E-state index in [1.165, 1.54) is 5.39 Å². The van der Waals surface area contributed by atoms with Gasteiger partial charge in [0.2, 0.25) is 5.89 Å². The molecule has 0 atom stereocenters. The van der Waals surface area contributed by atoms with Crippen molar-refractivity contribution in [2.45, 2.75) is 0 Å². The third-order valence-electron chi connectivity index (χ3n) is 10.1. The van der Waals surface area contributed by atoms with Crippen molar-refractivity contribution < 1.29 is 8.83 Å². The third kappa shape index (κ3) is 5.04. The van der Waals surface area contributed by atoms with Crippen molar-refractivity contribution in [3.8, 4) is 56.7 Å². The summed E-state index contributed by atoms with van der Waals surface area (Å²) in [5, 5.41) is 6.41. The minimum atomic E-state index is 0.524. The summed E-state index contributed by atoms with van der Waals surface area (Å²) in [6.07, 6.45) is 0. The number of oxazole rings is 1. The highest BCUT2D eigenvalue weighted by Crippen LogP contribution is 2.39. The number of nitrogens with zero attached hydrogens (tertiary/aromatic N) is 4. The lowest BCUT2D eigenvalue weighted by Gasteiger charge is -2.13. The third-order valence-corrected chi connectivity index (χ3v) is 10.1. The first kappa shape index (κ1) is 30.2. The van der Waals surface area contributed by atoms with Crippen molar-refractivity contribution in [2.24, 2.45) is 0 Å². The van der Waals surface area contributed by atoms with Gasteiger partial charge in [-0.1, -0.05) is 121 Å². The molecule has 0 saturated heterocycles. The molecule has 3 heterocycles. The lowest BCUT2D eigenvalue weighted by atomic mass is 9.95. The van der Waals surface area contributed by atoms with Crippen LogP contribution in [0.5, 0.6) is 0 Å². The minimum absolute atomic E-state index is 0.524. The molecule has 0 amide bonds. The van der Waals surface area contributed by atoms with Crippen molar-refractivity contribution in [1.82, 2.24) is 19.9 Å². The summed E-state index contributed by atoms with van der Waals surface area (Å²) in [4.78, 5) is 20.3. The molecule has 0 unspecified atom stereocenters. The van der Waals surface area contributed by atoms with E-state index < -0.39 is 0 Å². The zero-order valence-corrected chi connectivity index (χ0v) is 28.8. The molecular weight excluding hydrogens is 665 g/mol. The van der Waals surface area contributed by atoms with E-state index in [0.717, 1.165) is 65.8 Å². The first-order chi connectivity index (χ1) is 26.7. The van der Waals surface area contributed by atoms with Crippen LogP contribution in [0.4, 0.5) is 0 Å². The summed E-state index contributed by atoms with van der Waals surface area (Å²) in [5.41, 5.74) is 8.57. The number of hydrogen-bond acceptors (Lipinski definition) is 6. The highest BCUT2D eigenvalue weighted by molar-refractivity contribution is 6.12. The van der Waals surface area contributed by atoms with Crippen LogP contribution in [-0.4, -0.2) is 19.9 Å². The van der Waals surface area contributed by atoms with E-state index in [2.05, 4.69) is 103 Å². The second-order valence-corrected chi connectivity index (χ2v) is 13.5. The molecular formula is C48H28N4O2. The Labute approximate surface area is 309 Å². The molecule has 0 spiro atoms. The first-order valence-electron chi connectivity index (χ1n) is 17.9. The van der Waals surface area contributed by atoms with Crippen LogP contribution in [0.1, 0.15) is 0 Å². The van der Waals surface area contributed by atoms with Gasteiger partial charge < -0.3 is 8.83 Å².